The number of aromatic nitrogens is 2. The zero-order chi connectivity index (χ0) is 26.1. The minimum Gasteiger partial charge on any atom is -0.465 e. The van der Waals surface area contributed by atoms with Gasteiger partial charge in [0.2, 0.25) is 0 Å². The van der Waals surface area contributed by atoms with E-state index in [1.54, 1.807) is 4.90 Å². The number of amides is 2. The molecule has 2 aromatic carbocycles. The Labute approximate surface area is 223 Å². The number of piperazine rings is 1. The van der Waals surface area contributed by atoms with E-state index in [2.05, 4.69) is 11.1 Å². The molecule has 3 heterocycles. The molecule has 2 aliphatic heterocycles. The first-order valence-electron chi connectivity index (χ1n) is 12.0. The van der Waals surface area contributed by atoms with Gasteiger partial charge in [-0.05, 0) is 36.6 Å². The van der Waals surface area contributed by atoms with Crippen LogP contribution in [0.2, 0.25) is 5.02 Å². The van der Waals surface area contributed by atoms with E-state index in [-0.39, 0.29) is 18.9 Å². The summed E-state index contributed by atoms with van der Waals surface area (Å²) in [7, 11) is 0. The molecule has 11 heteroatoms. The second kappa shape index (κ2) is 10.4. The normalized spacial score (nSPS) is 17.9. The van der Waals surface area contributed by atoms with Crippen LogP contribution in [0.4, 0.5) is 16.3 Å². The molecule has 3 aromatic rings. The third-order valence-corrected chi connectivity index (χ3v) is 7.74. The second-order valence-corrected chi connectivity index (χ2v) is 10.2. The number of carbonyl (C=O) groups is 2. The van der Waals surface area contributed by atoms with Gasteiger partial charge in [0.15, 0.2) is 5.16 Å². The Balaban J connectivity index is 1.57. The Morgan fingerprint density at radius 1 is 1.22 bits per heavy atom. The lowest BCUT2D eigenvalue weighted by Crippen LogP contribution is -2.55. The molecule has 1 atom stereocenters. The van der Waals surface area contributed by atoms with Gasteiger partial charge < -0.3 is 19.8 Å². The highest BCUT2D eigenvalue weighted by molar-refractivity contribution is 7.98. The van der Waals surface area contributed by atoms with Gasteiger partial charge in [-0.3, -0.25) is 4.79 Å². The Morgan fingerprint density at radius 2 is 2.00 bits per heavy atom. The SMILES string of the molecule is CSc1nc2c(c(N3CCN(C(=O)O)[C@@H](CC#N)C3)n1)CCCN(c1cccc3cccc(Cl)c13)C2=O. The number of carbonyl (C=O) groups excluding carboxylic acids is 1. The van der Waals surface area contributed by atoms with Gasteiger partial charge in [-0.25, -0.2) is 14.8 Å². The molecule has 0 bridgehead atoms. The van der Waals surface area contributed by atoms with Crippen molar-refractivity contribution in [3.05, 3.63) is 52.7 Å². The van der Waals surface area contributed by atoms with Gasteiger partial charge in [-0.1, -0.05) is 47.6 Å². The highest BCUT2D eigenvalue weighted by Crippen LogP contribution is 2.36. The van der Waals surface area contributed by atoms with E-state index in [9.17, 15) is 20.0 Å². The number of hydrogen-bond acceptors (Lipinski definition) is 7. The van der Waals surface area contributed by atoms with E-state index in [0.29, 0.717) is 54.2 Å². The van der Waals surface area contributed by atoms with Crippen LogP contribution in [0.25, 0.3) is 10.8 Å². The molecule has 0 saturated carbocycles. The molecule has 1 aromatic heterocycles. The van der Waals surface area contributed by atoms with Crippen molar-refractivity contribution in [3.8, 4) is 6.07 Å². The highest BCUT2D eigenvalue weighted by atomic mass is 35.5. The summed E-state index contributed by atoms with van der Waals surface area (Å²) in [6, 6.07) is 13.1. The summed E-state index contributed by atoms with van der Waals surface area (Å²) in [6.45, 7) is 1.50. The average Bonchev–Trinajstić information content (AvgIpc) is 3.06. The van der Waals surface area contributed by atoms with Gasteiger partial charge in [0.1, 0.15) is 11.5 Å². The molecule has 0 unspecified atom stereocenters. The lowest BCUT2D eigenvalue weighted by Gasteiger charge is -2.40. The van der Waals surface area contributed by atoms with Gasteiger partial charge >= 0.3 is 6.09 Å². The van der Waals surface area contributed by atoms with E-state index in [1.165, 1.54) is 16.7 Å². The predicted molar refractivity (Wildman–Crippen MR) is 144 cm³/mol. The first kappa shape index (κ1) is 25.1. The van der Waals surface area contributed by atoms with E-state index < -0.39 is 12.1 Å². The van der Waals surface area contributed by atoms with Crippen LogP contribution in [-0.2, 0) is 6.42 Å². The van der Waals surface area contributed by atoms with Gasteiger partial charge in [0, 0.05) is 37.1 Å². The summed E-state index contributed by atoms with van der Waals surface area (Å²) >= 11 is 7.93. The van der Waals surface area contributed by atoms with E-state index in [1.807, 2.05) is 47.6 Å². The Hall–Kier alpha value is -3.55. The smallest absolute Gasteiger partial charge is 0.407 e. The fourth-order valence-corrected chi connectivity index (χ4v) is 5.80. The highest BCUT2D eigenvalue weighted by Gasteiger charge is 2.35. The Morgan fingerprint density at radius 3 is 2.73 bits per heavy atom. The number of halogens is 1. The maximum absolute atomic E-state index is 14.0. The van der Waals surface area contributed by atoms with Gasteiger partial charge in [0.25, 0.3) is 5.91 Å². The van der Waals surface area contributed by atoms with Crippen LogP contribution < -0.4 is 9.80 Å². The number of thioether (sulfide) groups is 1. The lowest BCUT2D eigenvalue weighted by atomic mass is 10.1. The number of benzene rings is 2. The standard InChI is InChI=1S/C26H25ClN6O3S/c1-37-25-29-22-18(23(30-25)31-13-14-32(26(35)36)17(15-31)10-11-28)7-4-12-33(24(22)34)20-9-3-6-16-5-2-8-19(27)21(16)20/h2-3,5-6,8-9,17H,4,7,10,12-15H2,1H3,(H,35,36)/t17-/m0/s1. The summed E-state index contributed by atoms with van der Waals surface area (Å²) in [5.41, 5.74) is 1.86. The predicted octanol–water partition coefficient (Wildman–Crippen LogP) is 4.68. The summed E-state index contributed by atoms with van der Waals surface area (Å²) < 4.78 is 0. The summed E-state index contributed by atoms with van der Waals surface area (Å²) in [4.78, 5) is 40.2. The van der Waals surface area contributed by atoms with E-state index in [0.717, 1.165) is 22.0 Å². The molecule has 9 nitrogen and oxygen atoms in total. The monoisotopic (exact) mass is 536 g/mol. The van der Waals surface area contributed by atoms with Gasteiger partial charge in [-0.15, -0.1) is 0 Å². The summed E-state index contributed by atoms with van der Waals surface area (Å²) in [6.07, 6.45) is 2.20. The lowest BCUT2D eigenvalue weighted by molar-refractivity contribution is 0.0983. The van der Waals surface area contributed by atoms with Crippen LogP contribution in [0.1, 0.15) is 28.9 Å². The van der Waals surface area contributed by atoms with Crippen LogP contribution in [-0.4, -0.2) is 70.5 Å². The molecule has 0 aliphatic carbocycles. The quantitative estimate of drug-likeness (QED) is 0.377. The summed E-state index contributed by atoms with van der Waals surface area (Å²) in [5.74, 6) is 0.435. The number of nitrogens with zero attached hydrogens (tertiary/aromatic N) is 6. The number of hydrogen-bond donors (Lipinski definition) is 1. The minimum atomic E-state index is -1.04. The van der Waals surface area contributed by atoms with Crippen LogP contribution in [0.3, 0.4) is 0 Å². The Kier molecular flexibility index (Phi) is 7.09. The molecule has 190 valence electrons. The number of carboxylic acid groups (broad SMARTS) is 1. The average molecular weight is 537 g/mol. The molecule has 0 spiro atoms. The van der Waals surface area contributed by atoms with Crippen molar-refractivity contribution in [3.63, 3.8) is 0 Å². The molecule has 1 fully saturated rings. The van der Waals surface area contributed by atoms with Crippen molar-refractivity contribution in [1.29, 1.82) is 5.26 Å². The molecule has 37 heavy (non-hydrogen) atoms. The maximum atomic E-state index is 14.0. The molecular weight excluding hydrogens is 512 g/mol. The molecule has 5 rings (SSSR count). The number of anilines is 2. The van der Waals surface area contributed by atoms with Gasteiger partial charge in [-0.2, -0.15) is 5.26 Å². The van der Waals surface area contributed by atoms with Crippen LogP contribution >= 0.6 is 23.4 Å². The third kappa shape index (κ3) is 4.65. The molecular formula is C26H25ClN6O3S. The number of fused-ring (bicyclic) bond motifs is 2. The topological polar surface area (TPSA) is 114 Å². The third-order valence-electron chi connectivity index (χ3n) is 6.88. The van der Waals surface area contributed by atoms with Gasteiger partial charge in [0.05, 0.1) is 29.2 Å². The zero-order valence-electron chi connectivity index (χ0n) is 20.2. The summed E-state index contributed by atoms with van der Waals surface area (Å²) in [5, 5.41) is 21.7. The molecule has 1 N–H and O–H groups in total. The van der Waals surface area contributed by atoms with Crippen LogP contribution in [0.15, 0.2) is 41.6 Å². The van der Waals surface area contributed by atoms with Crippen LogP contribution in [0.5, 0.6) is 0 Å². The van der Waals surface area contributed by atoms with E-state index >= 15 is 0 Å². The maximum Gasteiger partial charge on any atom is 0.407 e. The fourth-order valence-electron chi connectivity index (χ4n) is 5.17. The fraction of sp³-hybridized carbons (Fsp3) is 0.346. The van der Waals surface area contributed by atoms with Crippen molar-refractivity contribution < 1.29 is 14.7 Å². The van der Waals surface area contributed by atoms with Crippen molar-refractivity contribution in [1.82, 2.24) is 14.9 Å². The Bertz CT molecular complexity index is 1420. The van der Waals surface area contributed by atoms with Crippen molar-refractivity contribution in [2.75, 3.05) is 42.2 Å². The zero-order valence-corrected chi connectivity index (χ0v) is 21.8. The first-order chi connectivity index (χ1) is 17.9. The van der Waals surface area contributed by atoms with E-state index in [4.69, 9.17) is 16.6 Å². The molecule has 2 amide bonds. The molecule has 1 saturated heterocycles. The van der Waals surface area contributed by atoms with Crippen molar-refractivity contribution in [2.45, 2.75) is 30.5 Å². The minimum absolute atomic E-state index is 0.0833. The van der Waals surface area contributed by atoms with Crippen molar-refractivity contribution >= 4 is 57.6 Å². The first-order valence-corrected chi connectivity index (χ1v) is 13.6. The van der Waals surface area contributed by atoms with Crippen LogP contribution in [0, 0.1) is 11.3 Å². The molecule has 0 radical (unpaired) electrons. The number of rotatable bonds is 4. The largest absolute Gasteiger partial charge is 0.465 e. The van der Waals surface area contributed by atoms with Crippen molar-refractivity contribution in [2.24, 2.45) is 0 Å². The number of nitriles is 1. The molecule has 2 aliphatic rings. The second-order valence-electron chi connectivity index (χ2n) is 8.97.